The number of hydrogen-bond donors (Lipinski definition) is 3. The number of methoxy groups -OCH3 is 3. The number of nitrogens with zero attached hydrogens (tertiary/aromatic N) is 2. The molecule has 3 N–H and O–H groups in total. The molecule has 0 radical (unpaired) electrons. The number of fused-ring (bicyclic) bond motifs is 1. The third kappa shape index (κ3) is 3.90. The second-order valence-corrected chi connectivity index (χ2v) is 6.95. The summed E-state index contributed by atoms with van der Waals surface area (Å²) in [6.07, 6.45) is 1.69. The van der Waals surface area contributed by atoms with Crippen LogP contribution in [0.3, 0.4) is 0 Å². The number of rotatable bonds is 8. The molecule has 4 aromatic rings. The maximum atomic E-state index is 14.1. The van der Waals surface area contributed by atoms with Gasteiger partial charge in [0.15, 0.2) is 17.1 Å². The molecule has 0 amide bonds. The molecule has 9 heteroatoms. The Kier molecular flexibility index (Phi) is 6.09. The Hall–Kier alpha value is -3.85. The fourth-order valence-electron chi connectivity index (χ4n) is 3.53. The van der Waals surface area contributed by atoms with E-state index < -0.39 is 5.82 Å². The summed E-state index contributed by atoms with van der Waals surface area (Å²) in [7, 11) is 4.67. The van der Waals surface area contributed by atoms with Gasteiger partial charge in [0.05, 0.1) is 39.3 Å². The molecule has 8 nitrogen and oxygen atoms in total. The van der Waals surface area contributed by atoms with Gasteiger partial charge in [0, 0.05) is 29.3 Å². The van der Waals surface area contributed by atoms with Gasteiger partial charge in [-0.2, -0.15) is 5.10 Å². The monoisotopic (exact) mass is 438 g/mol. The number of anilines is 1. The molecule has 0 unspecified atom stereocenters. The van der Waals surface area contributed by atoms with Gasteiger partial charge in [-0.3, -0.25) is 5.10 Å². The minimum absolute atomic E-state index is 0.0929. The minimum atomic E-state index is -0.391. The second-order valence-electron chi connectivity index (χ2n) is 6.95. The van der Waals surface area contributed by atoms with Crippen molar-refractivity contribution < 1.29 is 23.7 Å². The summed E-state index contributed by atoms with van der Waals surface area (Å²) in [5.74, 6) is 1.15. The van der Waals surface area contributed by atoms with E-state index in [1.807, 2.05) is 18.2 Å². The molecule has 0 saturated heterocycles. The molecule has 0 aliphatic rings. The second kappa shape index (κ2) is 9.11. The average Bonchev–Trinajstić information content (AvgIpc) is 3.25. The number of aromatic amines is 1. The first-order valence-corrected chi connectivity index (χ1v) is 9.88. The highest BCUT2D eigenvalue weighted by atomic mass is 19.1. The molecule has 32 heavy (non-hydrogen) atoms. The fourth-order valence-corrected chi connectivity index (χ4v) is 3.53. The normalized spacial score (nSPS) is 10.9. The molecule has 0 spiro atoms. The zero-order valence-electron chi connectivity index (χ0n) is 17.9. The van der Waals surface area contributed by atoms with Crippen molar-refractivity contribution >= 4 is 16.7 Å². The predicted octanol–water partition coefficient (Wildman–Crippen LogP) is 3.86. The highest BCUT2D eigenvalue weighted by Crippen LogP contribution is 2.42. The Balaban J connectivity index is 1.81. The number of aliphatic hydroxyl groups is 1. The summed E-state index contributed by atoms with van der Waals surface area (Å²) in [6.45, 7) is 0.162. The van der Waals surface area contributed by atoms with Crippen molar-refractivity contribution in [2.45, 2.75) is 0 Å². The van der Waals surface area contributed by atoms with Gasteiger partial charge in [-0.25, -0.2) is 9.37 Å². The minimum Gasteiger partial charge on any atom is -0.493 e. The largest absolute Gasteiger partial charge is 0.493 e. The third-order valence-electron chi connectivity index (χ3n) is 5.09. The maximum Gasteiger partial charge on any atom is 0.203 e. The molecule has 2 heterocycles. The molecular weight excluding hydrogens is 415 g/mol. The van der Waals surface area contributed by atoms with Crippen molar-refractivity contribution in [1.82, 2.24) is 15.2 Å². The molecule has 4 rings (SSSR count). The van der Waals surface area contributed by atoms with Crippen molar-refractivity contribution in [2.24, 2.45) is 0 Å². The van der Waals surface area contributed by atoms with Crippen molar-refractivity contribution in [3.05, 3.63) is 48.4 Å². The SMILES string of the molecule is COc1cc(-c2[nH]nc3ncc(-c4ccc(F)c(NCCO)c4)cc23)cc(OC)c1OC. The van der Waals surface area contributed by atoms with Crippen LogP contribution in [0.4, 0.5) is 10.1 Å². The topological polar surface area (TPSA) is 102 Å². The number of halogens is 1. The highest BCUT2D eigenvalue weighted by molar-refractivity contribution is 5.94. The van der Waals surface area contributed by atoms with Gasteiger partial charge in [-0.15, -0.1) is 0 Å². The van der Waals surface area contributed by atoms with Crippen molar-refractivity contribution in [2.75, 3.05) is 39.8 Å². The van der Waals surface area contributed by atoms with Gasteiger partial charge in [0.2, 0.25) is 5.75 Å². The number of nitrogens with one attached hydrogen (secondary N) is 2. The molecule has 166 valence electrons. The van der Waals surface area contributed by atoms with E-state index in [4.69, 9.17) is 19.3 Å². The molecule has 0 atom stereocenters. The first-order valence-electron chi connectivity index (χ1n) is 9.88. The number of aromatic nitrogens is 3. The maximum absolute atomic E-state index is 14.1. The molecule has 2 aromatic heterocycles. The third-order valence-corrected chi connectivity index (χ3v) is 5.09. The Morgan fingerprint density at radius 1 is 0.969 bits per heavy atom. The molecule has 2 aromatic carbocycles. The molecule has 0 fully saturated rings. The number of H-pyrrole nitrogens is 1. The molecule has 0 saturated carbocycles. The number of ether oxygens (including phenoxy) is 3. The lowest BCUT2D eigenvalue weighted by molar-refractivity contribution is 0.311. The van der Waals surface area contributed by atoms with Crippen LogP contribution in [0.25, 0.3) is 33.4 Å². The number of hydrogen-bond acceptors (Lipinski definition) is 7. The van der Waals surface area contributed by atoms with Crippen LogP contribution in [0, 0.1) is 5.82 Å². The Labute approximate surface area is 184 Å². The van der Waals surface area contributed by atoms with E-state index in [1.54, 1.807) is 39.7 Å². The van der Waals surface area contributed by atoms with Crippen molar-refractivity contribution in [3.63, 3.8) is 0 Å². The molecular formula is C23H23FN4O4. The molecule has 0 bridgehead atoms. The van der Waals surface area contributed by atoms with E-state index in [2.05, 4.69) is 20.5 Å². The Morgan fingerprint density at radius 3 is 2.38 bits per heavy atom. The van der Waals surface area contributed by atoms with Crippen LogP contribution in [-0.4, -0.2) is 54.8 Å². The van der Waals surface area contributed by atoms with Crippen LogP contribution in [0.2, 0.25) is 0 Å². The smallest absolute Gasteiger partial charge is 0.203 e. The average molecular weight is 438 g/mol. The van der Waals surface area contributed by atoms with Gasteiger partial charge in [-0.05, 0) is 35.9 Å². The summed E-state index contributed by atoms with van der Waals surface area (Å²) in [4.78, 5) is 4.45. The van der Waals surface area contributed by atoms with Gasteiger partial charge < -0.3 is 24.6 Å². The molecule has 0 aliphatic heterocycles. The zero-order valence-corrected chi connectivity index (χ0v) is 17.9. The lowest BCUT2D eigenvalue weighted by Crippen LogP contribution is -2.06. The first kappa shape index (κ1) is 21.4. The van der Waals surface area contributed by atoms with Crippen LogP contribution >= 0.6 is 0 Å². The van der Waals surface area contributed by atoms with Crippen LogP contribution in [-0.2, 0) is 0 Å². The predicted molar refractivity (Wildman–Crippen MR) is 120 cm³/mol. The molecule has 0 aliphatic carbocycles. The van der Waals surface area contributed by atoms with Crippen molar-refractivity contribution in [3.8, 4) is 39.6 Å². The van der Waals surface area contributed by atoms with Gasteiger partial charge in [0.25, 0.3) is 0 Å². The summed E-state index contributed by atoms with van der Waals surface area (Å²) < 4.78 is 30.4. The number of pyridine rings is 1. The van der Waals surface area contributed by atoms with Crippen LogP contribution in [0.1, 0.15) is 0 Å². The standard InChI is InChI=1S/C23H23FN4O4/c1-30-19-10-14(11-20(31-2)22(19)32-3)21-16-8-15(12-26-23(16)28-27-21)13-4-5-17(24)18(9-13)25-6-7-29/h4-5,8-12,25,29H,6-7H2,1-3H3,(H,26,27,28). The summed E-state index contributed by atoms with van der Waals surface area (Å²) in [5.41, 5.74) is 3.93. The zero-order chi connectivity index (χ0) is 22.7. The fraction of sp³-hybridized carbons (Fsp3) is 0.217. The van der Waals surface area contributed by atoms with Gasteiger partial charge >= 0.3 is 0 Å². The van der Waals surface area contributed by atoms with E-state index in [-0.39, 0.29) is 13.2 Å². The quantitative estimate of drug-likeness (QED) is 0.384. The van der Waals surface area contributed by atoms with E-state index in [1.165, 1.54) is 6.07 Å². The highest BCUT2D eigenvalue weighted by Gasteiger charge is 2.18. The summed E-state index contributed by atoms with van der Waals surface area (Å²) >= 11 is 0. The lowest BCUT2D eigenvalue weighted by Gasteiger charge is -2.13. The van der Waals surface area contributed by atoms with Gasteiger partial charge in [0.1, 0.15) is 5.82 Å². The van der Waals surface area contributed by atoms with E-state index in [9.17, 15) is 4.39 Å². The Bertz CT molecular complexity index is 1230. The summed E-state index contributed by atoms with van der Waals surface area (Å²) in [6, 6.07) is 10.3. The number of aliphatic hydroxyl groups excluding tert-OH is 1. The lowest BCUT2D eigenvalue weighted by atomic mass is 10.0. The van der Waals surface area contributed by atoms with Crippen LogP contribution < -0.4 is 19.5 Å². The first-order chi connectivity index (χ1) is 15.6. The van der Waals surface area contributed by atoms with E-state index in [0.717, 1.165) is 27.8 Å². The van der Waals surface area contributed by atoms with E-state index in [0.29, 0.717) is 28.6 Å². The Morgan fingerprint density at radius 2 is 1.72 bits per heavy atom. The summed E-state index contributed by atoms with van der Waals surface area (Å²) in [5, 5.41) is 20.0. The van der Waals surface area contributed by atoms with Crippen LogP contribution in [0.15, 0.2) is 42.6 Å². The van der Waals surface area contributed by atoms with Gasteiger partial charge in [-0.1, -0.05) is 6.07 Å². The van der Waals surface area contributed by atoms with Crippen molar-refractivity contribution in [1.29, 1.82) is 0 Å². The van der Waals surface area contributed by atoms with Crippen LogP contribution in [0.5, 0.6) is 17.2 Å². The van der Waals surface area contributed by atoms with E-state index >= 15 is 0 Å². The number of benzene rings is 2.